The molecule has 0 saturated carbocycles. The van der Waals surface area contributed by atoms with Gasteiger partial charge in [-0.3, -0.25) is 4.79 Å². The largest absolute Gasteiger partial charge is 0.506 e. The van der Waals surface area contributed by atoms with Gasteiger partial charge < -0.3 is 20.0 Å². The second kappa shape index (κ2) is 12.3. The molecular weight excluding hydrogens is 568 g/mol. The van der Waals surface area contributed by atoms with Gasteiger partial charge in [0.15, 0.2) is 5.76 Å². The van der Waals surface area contributed by atoms with Crippen LogP contribution in [0.25, 0.3) is 11.1 Å². The molecule has 1 aliphatic carbocycles. The van der Waals surface area contributed by atoms with Crippen LogP contribution in [0, 0.1) is 0 Å². The average Bonchev–Trinajstić information content (AvgIpc) is 3.34. The lowest BCUT2D eigenvalue weighted by Gasteiger charge is -2.25. The van der Waals surface area contributed by atoms with Gasteiger partial charge in [-0.15, -0.1) is 0 Å². The summed E-state index contributed by atoms with van der Waals surface area (Å²) >= 11 is 0. The number of allylic oxidation sites excluding steroid dienone is 2. The van der Waals surface area contributed by atoms with Gasteiger partial charge in [-0.2, -0.15) is 0 Å². The van der Waals surface area contributed by atoms with E-state index < -0.39 is 11.5 Å². The maximum absolute atomic E-state index is 13.4. The van der Waals surface area contributed by atoms with E-state index >= 15 is 0 Å². The number of rotatable bonds is 8. The third kappa shape index (κ3) is 5.31. The molecule has 5 heteroatoms. The van der Waals surface area contributed by atoms with Crippen molar-refractivity contribution < 1.29 is 15.0 Å². The number of ketones is 1. The minimum Gasteiger partial charge on any atom is -0.506 e. The maximum atomic E-state index is 13.4. The van der Waals surface area contributed by atoms with Crippen LogP contribution in [0.4, 0.5) is 34.1 Å². The van der Waals surface area contributed by atoms with Crippen molar-refractivity contribution in [3.8, 4) is 0 Å². The number of anilines is 6. The molecule has 6 aromatic carbocycles. The van der Waals surface area contributed by atoms with Crippen molar-refractivity contribution in [3.63, 3.8) is 0 Å². The predicted octanol–water partition coefficient (Wildman–Crippen LogP) is 10.4. The van der Waals surface area contributed by atoms with Crippen molar-refractivity contribution in [2.45, 2.75) is 0 Å². The van der Waals surface area contributed by atoms with Gasteiger partial charge in [0.05, 0.1) is 11.1 Å². The van der Waals surface area contributed by atoms with Gasteiger partial charge in [-0.1, -0.05) is 97.1 Å². The summed E-state index contributed by atoms with van der Waals surface area (Å²) in [4.78, 5) is 17.6. The molecule has 0 saturated heterocycles. The van der Waals surface area contributed by atoms with Crippen LogP contribution in [0.15, 0.2) is 181 Å². The van der Waals surface area contributed by atoms with Crippen molar-refractivity contribution in [1.29, 1.82) is 0 Å². The molecule has 1 aliphatic rings. The monoisotopic (exact) mass is 598 g/mol. The van der Waals surface area contributed by atoms with Gasteiger partial charge in [-0.25, -0.2) is 0 Å². The summed E-state index contributed by atoms with van der Waals surface area (Å²) in [6.45, 7) is 0. The summed E-state index contributed by atoms with van der Waals surface area (Å²) in [7, 11) is 0. The summed E-state index contributed by atoms with van der Waals surface area (Å²) in [6, 6.07) is 55.0. The normalized spacial score (nSPS) is 12.8. The number of para-hydroxylation sites is 4. The van der Waals surface area contributed by atoms with E-state index in [1.807, 2.05) is 158 Å². The number of nitrogens with zero attached hydrogens (tertiary/aromatic N) is 2. The lowest BCUT2D eigenvalue weighted by molar-refractivity contribution is -0.112. The van der Waals surface area contributed by atoms with Gasteiger partial charge in [0, 0.05) is 34.1 Å². The third-order valence-electron chi connectivity index (χ3n) is 8.04. The molecule has 222 valence electrons. The smallest absolute Gasteiger partial charge is 0.232 e. The number of aliphatic hydroxyl groups is 2. The molecule has 7 rings (SSSR count). The highest BCUT2D eigenvalue weighted by atomic mass is 16.3. The first-order valence-electron chi connectivity index (χ1n) is 15.0. The van der Waals surface area contributed by atoms with Crippen LogP contribution in [-0.4, -0.2) is 16.0 Å². The Balaban J connectivity index is 1.21. The molecule has 0 aliphatic heterocycles. The summed E-state index contributed by atoms with van der Waals surface area (Å²) < 4.78 is 0. The zero-order chi connectivity index (χ0) is 31.5. The molecule has 0 spiro atoms. The molecule has 2 N–H and O–H groups in total. The Bertz CT molecular complexity index is 1960. The molecule has 0 aromatic heterocycles. The van der Waals surface area contributed by atoms with Crippen LogP contribution in [0.2, 0.25) is 0 Å². The molecular formula is C41H30N2O3. The van der Waals surface area contributed by atoms with Gasteiger partial charge >= 0.3 is 0 Å². The fraction of sp³-hybridized carbons (Fsp3) is 0. The first-order valence-corrected chi connectivity index (χ1v) is 15.0. The Labute approximate surface area is 267 Å². The number of hydrogen-bond donors (Lipinski definition) is 2. The number of Topliss-reactive ketones (excluding diaryl/α,β-unsaturated/α-hetero) is 1. The van der Waals surface area contributed by atoms with Gasteiger partial charge in [-0.05, 0) is 83.9 Å². The van der Waals surface area contributed by atoms with Crippen molar-refractivity contribution in [2.24, 2.45) is 0 Å². The first-order chi connectivity index (χ1) is 22.6. The van der Waals surface area contributed by atoms with E-state index in [0.29, 0.717) is 11.1 Å². The number of aliphatic hydroxyl groups excluding tert-OH is 2. The van der Waals surface area contributed by atoms with E-state index in [1.54, 1.807) is 12.1 Å². The summed E-state index contributed by atoms with van der Waals surface area (Å²) in [6.07, 6.45) is 0. The van der Waals surface area contributed by atoms with Crippen LogP contribution in [0.5, 0.6) is 0 Å². The topological polar surface area (TPSA) is 64.0 Å². The Morgan fingerprint density at radius 2 is 0.609 bits per heavy atom. The molecule has 46 heavy (non-hydrogen) atoms. The van der Waals surface area contributed by atoms with Crippen LogP contribution in [0.3, 0.4) is 0 Å². The van der Waals surface area contributed by atoms with Crippen molar-refractivity contribution in [1.82, 2.24) is 0 Å². The fourth-order valence-electron chi connectivity index (χ4n) is 5.87. The molecule has 0 unspecified atom stereocenters. The quantitative estimate of drug-likeness (QED) is 0.182. The Hall–Kier alpha value is -6.33. The molecule has 0 fully saturated rings. The Morgan fingerprint density at radius 3 is 0.935 bits per heavy atom. The molecule has 5 nitrogen and oxygen atoms in total. The number of hydrogen-bond acceptors (Lipinski definition) is 5. The third-order valence-corrected chi connectivity index (χ3v) is 8.04. The highest BCUT2D eigenvalue weighted by Crippen LogP contribution is 2.42. The second-order valence-electron chi connectivity index (χ2n) is 10.9. The van der Waals surface area contributed by atoms with Crippen LogP contribution >= 0.6 is 0 Å². The number of benzene rings is 6. The van der Waals surface area contributed by atoms with Crippen molar-refractivity contribution >= 4 is 51.1 Å². The van der Waals surface area contributed by atoms with E-state index in [-0.39, 0.29) is 16.9 Å². The summed E-state index contributed by atoms with van der Waals surface area (Å²) in [5, 5.41) is 22.4. The molecule has 0 bridgehead atoms. The molecule has 6 aromatic rings. The molecule has 0 heterocycles. The minimum atomic E-state index is -0.609. The van der Waals surface area contributed by atoms with Crippen LogP contribution < -0.4 is 9.80 Å². The summed E-state index contributed by atoms with van der Waals surface area (Å²) in [5.41, 5.74) is 7.00. The van der Waals surface area contributed by atoms with Gasteiger partial charge in [0.25, 0.3) is 0 Å². The van der Waals surface area contributed by atoms with Gasteiger partial charge in [0.2, 0.25) is 5.78 Å². The standard InChI is InChI=1S/C41H30N2O3/c44-39-37(29-21-25-35(26-22-29)42(31-13-5-1-6-14-31)32-15-7-2-8-16-32)40(45)41(46)38(39)30-23-27-36(28-24-30)43(33-17-9-3-10-18-33)34-19-11-4-12-20-34/h1-28,44H,(H,45,46). The van der Waals surface area contributed by atoms with Crippen molar-refractivity contribution in [2.75, 3.05) is 9.80 Å². The Kier molecular flexibility index (Phi) is 7.63. The maximum Gasteiger partial charge on any atom is 0.232 e. The summed E-state index contributed by atoms with van der Waals surface area (Å²) in [5.74, 6) is -1.32. The van der Waals surface area contributed by atoms with E-state index in [2.05, 4.69) is 9.80 Å². The number of carbonyl (C=O) groups excluding carboxylic acids is 1. The molecule has 0 amide bonds. The average molecular weight is 599 g/mol. The second-order valence-corrected chi connectivity index (χ2v) is 10.9. The highest BCUT2D eigenvalue weighted by Gasteiger charge is 2.34. The molecule has 0 atom stereocenters. The SMILES string of the molecule is O=C1C(O)=C(c2ccc(N(c3ccccc3)c3ccccc3)cc2)C(O)=C1c1ccc(N(c2ccccc2)c2ccccc2)cc1. The number of carbonyl (C=O) groups is 1. The zero-order valence-corrected chi connectivity index (χ0v) is 24.9. The van der Waals surface area contributed by atoms with E-state index in [1.165, 1.54) is 0 Å². The molecule has 0 radical (unpaired) electrons. The van der Waals surface area contributed by atoms with E-state index in [4.69, 9.17) is 0 Å². The predicted molar refractivity (Wildman–Crippen MR) is 186 cm³/mol. The Morgan fingerprint density at radius 1 is 0.326 bits per heavy atom. The van der Waals surface area contributed by atoms with Crippen molar-refractivity contribution in [3.05, 3.63) is 193 Å². The minimum absolute atomic E-state index is 0.0734. The lowest BCUT2D eigenvalue weighted by atomic mass is 10.0. The van der Waals surface area contributed by atoms with Gasteiger partial charge in [0.1, 0.15) is 5.76 Å². The lowest BCUT2D eigenvalue weighted by Crippen LogP contribution is -2.10. The van der Waals surface area contributed by atoms with E-state index in [0.717, 1.165) is 34.1 Å². The van der Waals surface area contributed by atoms with Crippen LogP contribution in [0.1, 0.15) is 11.1 Å². The zero-order valence-electron chi connectivity index (χ0n) is 24.9. The van der Waals surface area contributed by atoms with E-state index in [9.17, 15) is 15.0 Å². The van der Waals surface area contributed by atoms with Crippen LogP contribution in [-0.2, 0) is 4.79 Å². The highest BCUT2D eigenvalue weighted by molar-refractivity contribution is 6.36. The first kappa shape index (κ1) is 28.4. The fourth-order valence-corrected chi connectivity index (χ4v) is 5.87.